The SMILES string of the molecule is C[C@H](NC(=O)[C@H]1C2C=CC(C2)[C@H]1C(=O)O)c1ccco1. The van der Waals surface area contributed by atoms with E-state index in [-0.39, 0.29) is 23.8 Å². The summed E-state index contributed by atoms with van der Waals surface area (Å²) in [6, 6.07) is 3.30. The van der Waals surface area contributed by atoms with Crippen LogP contribution in [0.4, 0.5) is 0 Å². The zero-order valence-corrected chi connectivity index (χ0v) is 11.2. The normalized spacial score (nSPS) is 32.2. The molecule has 2 aliphatic rings. The van der Waals surface area contributed by atoms with Gasteiger partial charge in [0.05, 0.1) is 24.1 Å². The van der Waals surface area contributed by atoms with E-state index >= 15 is 0 Å². The van der Waals surface area contributed by atoms with Crippen molar-refractivity contribution in [1.29, 1.82) is 0 Å². The first-order valence-electron chi connectivity index (χ1n) is 6.83. The molecule has 0 aromatic carbocycles. The number of hydrogen-bond acceptors (Lipinski definition) is 3. The van der Waals surface area contributed by atoms with Gasteiger partial charge in [0.2, 0.25) is 5.91 Å². The second-order valence-corrected chi connectivity index (χ2v) is 5.58. The maximum absolute atomic E-state index is 12.4. The van der Waals surface area contributed by atoms with E-state index in [9.17, 15) is 14.7 Å². The number of nitrogens with one attached hydrogen (secondary N) is 1. The predicted octanol–water partition coefficient (Wildman–Crippen LogP) is 1.98. The van der Waals surface area contributed by atoms with Crippen LogP contribution in [-0.2, 0) is 9.59 Å². The molecular formula is C15H17NO4. The lowest BCUT2D eigenvalue weighted by Crippen LogP contribution is -2.41. The van der Waals surface area contributed by atoms with Gasteiger partial charge in [-0.3, -0.25) is 9.59 Å². The standard InChI is InChI=1S/C15H17NO4/c1-8(11-3-2-6-20-11)16-14(17)12-9-4-5-10(7-9)13(12)15(18)19/h2-6,8-10,12-13H,7H2,1H3,(H,16,17)(H,18,19)/t8-,9?,10?,12-,13+/m0/s1. The summed E-state index contributed by atoms with van der Waals surface area (Å²) in [5.41, 5.74) is 0. The Bertz CT molecular complexity index is 548. The molecule has 1 amide bonds. The molecule has 1 fully saturated rings. The molecule has 2 N–H and O–H groups in total. The van der Waals surface area contributed by atoms with Crippen molar-refractivity contribution in [2.75, 3.05) is 0 Å². The van der Waals surface area contributed by atoms with Crippen molar-refractivity contribution >= 4 is 11.9 Å². The molecule has 1 saturated carbocycles. The van der Waals surface area contributed by atoms with Crippen LogP contribution in [0.25, 0.3) is 0 Å². The molecule has 5 atom stereocenters. The maximum atomic E-state index is 12.4. The lowest BCUT2D eigenvalue weighted by Gasteiger charge is -2.25. The lowest BCUT2D eigenvalue weighted by atomic mass is 9.82. The van der Waals surface area contributed by atoms with Crippen molar-refractivity contribution in [2.45, 2.75) is 19.4 Å². The molecule has 5 nitrogen and oxygen atoms in total. The van der Waals surface area contributed by atoms with E-state index in [4.69, 9.17) is 4.42 Å². The van der Waals surface area contributed by atoms with E-state index in [1.807, 2.05) is 19.1 Å². The molecule has 2 aliphatic carbocycles. The smallest absolute Gasteiger partial charge is 0.307 e. The fraction of sp³-hybridized carbons (Fsp3) is 0.467. The van der Waals surface area contributed by atoms with Crippen LogP contribution in [0.1, 0.15) is 25.1 Å². The highest BCUT2D eigenvalue weighted by molar-refractivity contribution is 5.87. The van der Waals surface area contributed by atoms with Crippen LogP contribution in [-0.4, -0.2) is 17.0 Å². The van der Waals surface area contributed by atoms with Gasteiger partial charge in [0.1, 0.15) is 5.76 Å². The van der Waals surface area contributed by atoms with Gasteiger partial charge in [0, 0.05) is 0 Å². The third-order valence-corrected chi connectivity index (χ3v) is 4.38. The topological polar surface area (TPSA) is 79.5 Å². The summed E-state index contributed by atoms with van der Waals surface area (Å²) < 4.78 is 5.25. The first-order chi connectivity index (χ1) is 9.58. The van der Waals surface area contributed by atoms with Crippen molar-refractivity contribution in [3.63, 3.8) is 0 Å². The Morgan fingerprint density at radius 3 is 2.65 bits per heavy atom. The largest absolute Gasteiger partial charge is 0.481 e. The monoisotopic (exact) mass is 275 g/mol. The lowest BCUT2D eigenvalue weighted by molar-refractivity contribution is -0.148. The Balaban J connectivity index is 1.73. The van der Waals surface area contributed by atoms with Crippen LogP contribution in [0.15, 0.2) is 35.0 Å². The minimum atomic E-state index is -0.882. The zero-order valence-electron chi connectivity index (χ0n) is 11.2. The predicted molar refractivity (Wildman–Crippen MR) is 70.6 cm³/mol. The summed E-state index contributed by atoms with van der Waals surface area (Å²) in [7, 11) is 0. The Morgan fingerprint density at radius 2 is 2.05 bits per heavy atom. The average Bonchev–Trinajstić information content (AvgIpc) is 3.13. The average molecular weight is 275 g/mol. The number of fused-ring (bicyclic) bond motifs is 2. The molecule has 0 aliphatic heterocycles. The van der Waals surface area contributed by atoms with Gasteiger partial charge in [-0.25, -0.2) is 0 Å². The molecule has 0 radical (unpaired) electrons. The number of carbonyl (C=O) groups is 2. The Morgan fingerprint density at radius 1 is 1.35 bits per heavy atom. The van der Waals surface area contributed by atoms with Gasteiger partial charge >= 0.3 is 5.97 Å². The molecule has 20 heavy (non-hydrogen) atoms. The molecule has 1 aromatic rings. The summed E-state index contributed by atoms with van der Waals surface area (Å²) in [5.74, 6) is -1.44. The van der Waals surface area contributed by atoms with E-state index in [1.54, 1.807) is 18.4 Å². The summed E-state index contributed by atoms with van der Waals surface area (Å²) in [6.07, 6.45) is 6.23. The van der Waals surface area contributed by atoms with Gasteiger partial charge in [-0.2, -0.15) is 0 Å². The quantitative estimate of drug-likeness (QED) is 0.823. The molecule has 1 heterocycles. The number of amides is 1. The highest BCUT2D eigenvalue weighted by Crippen LogP contribution is 2.48. The van der Waals surface area contributed by atoms with Crippen molar-refractivity contribution in [2.24, 2.45) is 23.7 Å². The van der Waals surface area contributed by atoms with Gasteiger partial charge in [-0.15, -0.1) is 0 Å². The summed E-state index contributed by atoms with van der Waals surface area (Å²) in [6.45, 7) is 1.83. The van der Waals surface area contributed by atoms with Crippen LogP contribution in [0.2, 0.25) is 0 Å². The summed E-state index contributed by atoms with van der Waals surface area (Å²) in [5, 5.41) is 12.2. The molecule has 2 bridgehead atoms. The maximum Gasteiger partial charge on any atom is 0.307 e. The first kappa shape index (κ1) is 13.0. The van der Waals surface area contributed by atoms with Crippen molar-refractivity contribution < 1.29 is 19.1 Å². The molecule has 5 heteroatoms. The first-order valence-corrected chi connectivity index (χ1v) is 6.83. The van der Waals surface area contributed by atoms with Crippen LogP contribution in [0, 0.1) is 23.7 Å². The molecule has 1 aromatic heterocycles. The molecule has 0 spiro atoms. The number of aliphatic carboxylic acids is 1. The Hall–Kier alpha value is -2.04. The van der Waals surface area contributed by atoms with E-state index < -0.39 is 17.8 Å². The second kappa shape index (κ2) is 4.81. The van der Waals surface area contributed by atoms with Crippen LogP contribution < -0.4 is 5.32 Å². The third kappa shape index (κ3) is 2.03. The fourth-order valence-electron chi connectivity index (χ4n) is 3.43. The van der Waals surface area contributed by atoms with E-state index in [0.29, 0.717) is 5.76 Å². The zero-order chi connectivity index (χ0) is 14.3. The Labute approximate surface area is 116 Å². The van der Waals surface area contributed by atoms with Gasteiger partial charge in [0.15, 0.2) is 0 Å². The Kier molecular flexibility index (Phi) is 3.12. The number of carbonyl (C=O) groups excluding carboxylic acids is 1. The highest BCUT2D eigenvalue weighted by atomic mass is 16.4. The number of allylic oxidation sites excluding steroid dienone is 2. The second-order valence-electron chi connectivity index (χ2n) is 5.58. The highest BCUT2D eigenvalue weighted by Gasteiger charge is 2.51. The van der Waals surface area contributed by atoms with Crippen LogP contribution >= 0.6 is 0 Å². The van der Waals surface area contributed by atoms with E-state index in [1.165, 1.54) is 0 Å². The van der Waals surface area contributed by atoms with Crippen molar-refractivity contribution in [3.8, 4) is 0 Å². The molecule has 106 valence electrons. The van der Waals surface area contributed by atoms with E-state index in [2.05, 4.69) is 5.32 Å². The van der Waals surface area contributed by atoms with Crippen LogP contribution in [0.3, 0.4) is 0 Å². The van der Waals surface area contributed by atoms with Crippen LogP contribution in [0.5, 0.6) is 0 Å². The molecular weight excluding hydrogens is 258 g/mol. The van der Waals surface area contributed by atoms with Crippen molar-refractivity contribution in [1.82, 2.24) is 5.32 Å². The number of rotatable bonds is 4. The number of hydrogen-bond donors (Lipinski definition) is 2. The van der Waals surface area contributed by atoms with Gasteiger partial charge in [-0.1, -0.05) is 12.2 Å². The third-order valence-electron chi connectivity index (χ3n) is 4.38. The minimum absolute atomic E-state index is 0.00725. The van der Waals surface area contributed by atoms with Gasteiger partial charge < -0.3 is 14.8 Å². The van der Waals surface area contributed by atoms with Crippen molar-refractivity contribution in [3.05, 3.63) is 36.3 Å². The molecule has 2 unspecified atom stereocenters. The van der Waals surface area contributed by atoms with E-state index in [0.717, 1.165) is 6.42 Å². The molecule has 3 rings (SSSR count). The number of carboxylic acids is 1. The van der Waals surface area contributed by atoms with Gasteiger partial charge in [0.25, 0.3) is 0 Å². The summed E-state index contributed by atoms with van der Waals surface area (Å²) >= 11 is 0. The molecule has 0 saturated heterocycles. The number of carboxylic acid groups (broad SMARTS) is 1. The van der Waals surface area contributed by atoms with Gasteiger partial charge in [-0.05, 0) is 37.3 Å². The fourth-order valence-corrected chi connectivity index (χ4v) is 3.43. The number of furan rings is 1. The minimum Gasteiger partial charge on any atom is -0.481 e. The summed E-state index contributed by atoms with van der Waals surface area (Å²) in [4.78, 5) is 23.8.